The van der Waals surface area contributed by atoms with Crippen LogP contribution in [0.4, 0.5) is 5.13 Å². The lowest BCUT2D eigenvalue weighted by molar-refractivity contribution is 0.103. The molecule has 0 bridgehead atoms. The highest BCUT2D eigenvalue weighted by atomic mass is 35.5. The molecule has 2 aromatic carbocycles. The van der Waals surface area contributed by atoms with E-state index in [4.69, 9.17) is 16.3 Å². The molecule has 0 aliphatic rings. The van der Waals surface area contributed by atoms with Gasteiger partial charge in [0.1, 0.15) is 11.5 Å². The largest absolute Gasteiger partial charge is 0.457 e. The zero-order chi connectivity index (χ0) is 18.6. The first-order valence-corrected chi connectivity index (χ1v) is 10.1. The molecular formula is C20H13ClN2O2S2. The van der Waals surface area contributed by atoms with Crippen LogP contribution in [0.15, 0.2) is 72.1 Å². The average molecular weight is 413 g/mol. The van der Waals surface area contributed by atoms with Crippen molar-refractivity contribution in [1.29, 1.82) is 0 Å². The number of aromatic nitrogens is 1. The molecule has 4 rings (SSSR count). The van der Waals surface area contributed by atoms with Crippen molar-refractivity contribution < 1.29 is 9.53 Å². The fourth-order valence-corrected chi connectivity index (χ4v) is 4.03. The highest BCUT2D eigenvalue weighted by molar-refractivity contribution is 7.18. The van der Waals surface area contributed by atoms with Crippen molar-refractivity contribution in [2.75, 3.05) is 5.32 Å². The van der Waals surface area contributed by atoms with Crippen molar-refractivity contribution in [1.82, 2.24) is 4.98 Å². The van der Waals surface area contributed by atoms with Crippen molar-refractivity contribution in [3.05, 3.63) is 81.3 Å². The summed E-state index contributed by atoms with van der Waals surface area (Å²) in [7, 11) is 0. The number of carbonyl (C=O) groups excluding carboxylic acids is 1. The maximum Gasteiger partial charge on any atom is 0.267 e. The number of hydrogen-bond donors (Lipinski definition) is 1. The molecule has 4 aromatic rings. The molecule has 7 heteroatoms. The van der Waals surface area contributed by atoms with Gasteiger partial charge in [-0.25, -0.2) is 4.98 Å². The SMILES string of the molecule is O=C(Nc1nc(-c2ccc(Oc3ccccc3)cc2)cs1)c1ccc(Cl)s1. The summed E-state index contributed by atoms with van der Waals surface area (Å²) in [5, 5.41) is 5.25. The summed E-state index contributed by atoms with van der Waals surface area (Å²) in [6.07, 6.45) is 0. The second kappa shape index (κ2) is 7.92. The van der Waals surface area contributed by atoms with E-state index in [1.807, 2.05) is 60.0 Å². The first kappa shape index (κ1) is 17.7. The second-order valence-corrected chi connectivity index (χ2v) is 8.11. The summed E-state index contributed by atoms with van der Waals surface area (Å²) in [5.41, 5.74) is 1.75. The Morgan fingerprint density at radius 1 is 0.963 bits per heavy atom. The van der Waals surface area contributed by atoms with Crippen LogP contribution in [0.3, 0.4) is 0 Å². The van der Waals surface area contributed by atoms with E-state index in [0.29, 0.717) is 14.3 Å². The summed E-state index contributed by atoms with van der Waals surface area (Å²) >= 11 is 8.49. The van der Waals surface area contributed by atoms with Gasteiger partial charge in [-0.1, -0.05) is 29.8 Å². The van der Waals surface area contributed by atoms with E-state index in [2.05, 4.69) is 10.3 Å². The molecule has 0 radical (unpaired) electrons. The number of carbonyl (C=O) groups is 1. The summed E-state index contributed by atoms with van der Waals surface area (Å²) in [5.74, 6) is 1.33. The van der Waals surface area contributed by atoms with E-state index in [9.17, 15) is 4.79 Å². The molecule has 0 aliphatic carbocycles. The molecule has 0 saturated carbocycles. The van der Waals surface area contributed by atoms with E-state index in [1.165, 1.54) is 22.7 Å². The van der Waals surface area contributed by atoms with Gasteiger partial charge < -0.3 is 4.74 Å². The number of para-hydroxylation sites is 1. The maximum absolute atomic E-state index is 12.2. The molecule has 0 unspecified atom stereocenters. The zero-order valence-corrected chi connectivity index (χ0v) is 16.3. The Hall–Kier alpha value is -2.67. The normalized spacial score (nSPS) is 10.6. The summed E-state index contributed by atoms with van der Waals surface area (Å²) in [6, 6.07) is 20.7. The quantitative estimate of drug-likeness (QED) is 0.403. The van der Waals surface area contributed by atoms with Crippen LogP contribution >= 0.6 is 34.3 Å². The number of anilines is 1. The second-order valence-electron chi connectivity index (χ2n) is 5.54. The Balaban J connectivity index is 1.44. The van der Waals surface area contributed by atoms with Crippen LogP contribution in [-0.4, -0.2) is 10.9 Å². The Morgan fingerprint density at radius 2 is 1.70 bits per heavy atom. The van der Waals surface area contributed by atoms with Gasteiger partial charge >= 0.3 is 0 Å². The number of thiophene rings is 1. The predicted octanol–water partition coefficient (Wildman–Crippen LogP) is 6.57. The van der Waals surface area contributed by atoms with Crippen LogP contribution in [-0.2, 0) is 0 Å². The van der Waals surface area contributed by atoms with Gasteiger partial charge in [0, 0.05) is 10.9 Å². The van der Waals surface area contributed by atoms with Crippen LogP contribution in [0.25, 0.3) is 11.3 Å². The molecule has 1 amide bonds. The highest BCUT2D eigenvalue weighted by Gasteiger charge is 2.12. The van der Waals surface area contributed by atoms with Crippen LogP contribution in [0.1, 0.15) is 9.67 Å². The minimum Gasteiger partial charge on any atom is -0.457 e. The number of hydrogen-bond acceptors (Lipinski definition) is 5. The Kier molecular flexibility index (Phi) is 5.20. The lowest BCUT2D eigenvalue weighted by Crippen LogP contribution is -2.09. The van der Waals surface area contributed by atoms with E-state index >= 15 is 0 Å². The molecule has 2 aromatic heterocycles. The predicted molar refractivity (Wildman–Crippen MR) is 111 cm³/mol. The van der Waals surface area contributed by atoms with Gasteiger partial charge in [0.2, 0.25) is 0 Å². The number of halogens is 1. The Labute approximate surface area is 169 Å². The number of benzene rings is 2. The molecule has 2 heterocycles. The van der Waals surface area contributed by atoms with Crippen molar-refractivity contribution >= 4 is 45.3 Å². The third-order valence-corrected chi connectivity index (χ3v) is 5.64. The first-order chi connectivity index (χ1) is 13.2. The van der Waals surface area contributed by atoms with Crippen LogP contribution in [0, 0.1) is 0 Å². The molecule has 0 spiro atoms. The summed E-state index contributed by atoms with van der Waals surface area (Å²) in [4.78, 5) is 17.2. The van der Waals surface area contributed by atoms with Gasteiger partial charge in [-0.2, -0.15) is 0 Å². The number of thiazole rings is 1. The minimum atomic E-state index is -0.209. The first-order valence-electron chi connectivity index (χ1n) is 8.03. The van der Waals surface area contributed by atoms with Crippen LogP contribution < -0.4 is 10.1 Å². The van der Waals surface area contributed by atoms with Crippen molar-refractivity contribution in [3.8, 4) is 22.8 Å². The van der Waals surface area contributed by atoms with Crippen molar-refractivity contribution in [2.45, 2.75) is 0 Å². The number of nitrogens with zero attached hydrogens (tertiary/aromatic N) is 1. The van der Waals surface area contributed by atoms with Crippen LogP contribution in [0.2, 0.25) is 4.34 Å². The Morgan fingerprint density at radius 3 is 2.41 bits per heavy atom. The van der Waals surface area contributed by atoms with E-state index in [0.717, 1.165) is 22.8 Å². The summed E-state index contributed by atoms with van der Waals surface area (Å²) < 4.78 is 6.37. The molecule has 134 valence electrons. The summed E-state index contributed by atoms with van der Waals surface area (Å²) in [6.45, 7) is 0. The van der Waals surface area contributed by atoms with Crippen LogP contribution in [0.5, 0.6) is 11.5 Å². The molecule has 0 atom stereocenters. The third kappa shape index (κ3) is 4.36. The van der Waals surface area contributed by atoms with Gasteiger partial charge in [0.15, 0.2) is 5.13 Å². The topological polar surface area (TPSA) is 51.2 Å². The van der Waals surface area contributed by atoms with Gasteiger partial charge in [-0.05, 0) is 48.5 Å². The molecule has 27 heavy (non-hydrogen) atoms. The zero-order valence-electron chi connectivity index (χ0n) is 13.9. The fourth-order valence-electron chi connectivity index (χ4n) is 2.38. The standard InChI is InChI=1S/C20H13ClN2O2S2/c21-18-11-10-17(27-18)19(24)23-20-22-16(12-26-20)13-6-8-15(9-7-13)25-14-4-2-1-3-5-14/h1-12H,(H,22,23,24). The number of nitrogens with one attached hydrogen (secondary N) is 1. The van der Waals surface area contributed by atoms with E-state index < -0.39 is 0 Å². The van der Waals surface area contributed by atoms with Gasteiger partial charge in [0.25, 0.3) is 5.91 Å². The molecule has 0 fully saturated rings. The van der Waals surface area contributed by atoms with Gasteiger partial charge in [0.05, 0.1) is 14.9 Å². The molecule has 0 saturated heterocycles. The monoisotopic (exact) mass is 412 g/mol. The van der Waals surface area contributed by atoms with Gasteiger partial charge in [-0.15, -0.1) is 22.7 Å². The highest BCUT2D eigenvalue weighted by Crippen LogP contribution is 2.29. The molecule has 0 aliphatic heterocycles. The van der Waals surface area contributed by atoms with Crippen molar-refractivity contribution in [3.63, 3.8) is 0 Å². The number of rotatable bonds is 5. The smallest absolute Gasteiger partial charge is 0.267 e. The Bertz CT molecular complexity index is 1060. The van der Waals surface area contributed by atoms with Crippen molar-refractivity contribution in [2.24, 2.45) is 0 Å². The fraction of sp³-hybridized carbons (Fsp3) is 0. The van der Waals surface area contributed by atoms with Gasteiger partial charge in [-0.3, -0.25) is 10.1 Å². The maximum atomic E-state index is 12.2. The lowest BCUT2D eigenvalue weighted by atomic mass is 10.2. The molecule has 1 N–H and O–H groups in total. The molecule has 4 nitrogen and oxygen atoms in total. The molecular weight excluding hydrogens is 400 g/mol. The van der Waals surface area contributed by atoms with E-state index in [1.54, 1.807) is 12.1 Å². The lowest BCUT2D eigenvalue weighted by Gasteiger charge is -2.05. The number of ether oxygens (including phenoxy) is 1. The number of amides is 1. The minimum absolute atomic E-state index is 0.209. The third-order valence-electron chi connectivity index (χ3n) is 3.65. The van der Waals surface area contributed by atoms with E-state index in [-0.39, 0.29) is 5.91 Å². The average Bonchev–Trinajstić information content (AvgIpc) is 3.32.